The van der Waals surface area contributed by atoms with Crippen LogP contribution in [-0.2, 0) is 6.54 Å². The molecular weight excluding hydrogens is 356 g/mol. The van der Waals surface area contributed by atoms with E-state index in [1.54, 1.807) is 17.8 Å². The number of nitrogen functional groups attached to an aromatic ring is 1. The SMILES string of the molecule is Nc1ccc(Sc2ccc(Cl)cc2)c(CNc2ccc(O)cc2O)c1. The Morgan fingerprint density at radius 3 is 2.44 bits per heavy atom. The Kier molecular flexibility index (Phi) is 5.26. The summed E-state index contributed by atoms with van der Waals surface area (Å²) in [5, 5.41) is 23.1. The highest BCUT2D eigenvalue weighted by Crippen LogP contribution is 2.33. The molecule has 0 aliphatic heterocycles. The average Bonchev–Trinajstić information content (AvgIpc) is 2.58. The highest BCUT2D eigenvalue weighted by molar-refractivity contribution is 7.99. The number of phenols is 2. The molecule has 0 heterocycles. The number of aromatic hydroxyl groups is 2. The molecule has 4 nitrogen and oxygen atoms in total. The summed E-state index contributed by atoms with van der Waals surface area (Å²) in [7, 11) is 0. The van der Waals surface area contributed by atoms with Gasteiger partial charge in [-0.05, 0) is 60.2 Å². The van der Waals surface area contributed by atoms with Crippen LogP contribution in [0.5, 0.6) is 11.5 Å². The van der Waals surface area contributed by atoms with Gasteiger partial charge in [0.15, 0.2) is 0 Å². The molecule has 0 spiro atoms. The van der Waals surface area contributed by atoms with Crippen LogP contribution in [0.25, 0.3) is 0 Å². The topological polar surface area (TPSA) is 78.5 Å². The first-order valence-corrected chi connectivity index (χ1v) is 8.78. The average molecular weight is 373 g/mol. The van der Waals surface area contributed by atoms with Gasteiger partial charge in [-0.1, -0.05) is 23.4 Å². The zero-order chi connectivity index (χ0) is 17.8. The van der Waals surface area contributed by atoms with Gasteiger partial charge in [0.05, 0.1) is 5.69 Å². The van der Waals surface area contributed by atoms with Crippen molar-refractivity contribution in [2.75, 3.05) is 11.1 Å². The zero-order valence-corrected chi connectivity index (χ0v) is 14.8. The molecule has 0 unspecified atom stereocenters. The van der Waals surface area contributed by atoms with E-state index in [2.05, 4.69) is 5.32 Å². The lowest BCUT2D eigenvalue weighted by atomic mass is 10.2. The summed E-state index contributed by atoms with van der Waals surface area (Å²) in [6.07, 6.45) is 0. The molecule has 0 amide bonds. The maximum atomic E-state index is 9.89. The first kappa shape index (κ1) is 17.3. The summed E-state index contributed by atoms with van der Waals surface area (Å²) in [6, 6.07) is 17.8. The van der Waals surface area contributed by atoms with Gasteiger partial charge >= 0.3 is 0 Å². The minimum Gasteiger partial charge on any atom is -0.508 e. The Balaban J connectivity index is 1.80. The summed E-state index contributed by atoms with van der Waals surface area (Å²) in [5.41, 5.74) is 8.15. The molecule has 3 rings (SSSR count). The van der Waals surface area contributed by atoms with E-state index in [1.807, 2.05) is 42.5 Å². The van der Waals surface area contributed by atoms with Gasteiger partial charge in [-0.25, -0.2) is 0 Å². The van der Waals surface area contributed by atoms with Crippen LogP contribution in [-0.4, -0.2) is 10.2 Å². The van der Waals surface area contributed by atoms with Crippen molar-refractivity contribution in [3.05, 3.63) is 71.2 Å². The van der Waals surface area contributed by atoms with E-state index >= 15 is 0 Å². The van der Waals surface area contributed by atoms with Gasteiger partial charge in [-0.15, -0.1) is 0 Å². The molecular formula is C19H17ClN2O2S. The highest BCUT2D eigenvalue weighted by Gasteiger charge is 2.08. The number of halogens is 1. The number of hydrogen-bond donors (Lipinski definition) is 4. The van der Waals surface area contributed by atoms with Gasteiger partial charge in [0.25, 0.3) is 0 Å². The van der Waals surface area contributed by atoms with Gasteiger partial charge in [0.1, 0.15) is 11.5 Å². The number of phenolic OH excluding ortho intramolecular Hbond substituents is 2. The maximum absolute atomic E-state index is 9.89. The normalized spacial score (nSPS) is 10.6. The predicted octanol–water partition coefficient (Wildman–Crippen LogP) is 5.10. The van der Waals surface area contributed by atoms with E-state index in [0.29, 0.717) is 22.9 Å². The van der Waals surface area contributed by atoms with Crippen molar-refractivity contribution in [2.24, 2.45) is 0 Å². The minimum absolute atomic E-state index is 0.00388. The third kappa shape index (κ3) is 4.53. The molecule has 0 bridgehead atoms. The van der Waals surface area contributed by atoms with Crippen molar-refractivity contribution in [3.63, 3.8) is 0 Å². The van der Waals surface area contributed by atoms with E-state index < -0.39 is 0 Å². The van der Waals surface area contributed by atoms with Crippen molar-refractivity contribution in [2.45, 2.75) is 16.3 Å². The van der Waals surface area contributed by atoms with Crippen LogP contribution in [0, 0.1) is 0 Å². The number of nitrogens with one attached hydrogen (secondary N) is 1. The summed E-state index contributed by atoms with van der Waals surface area (Å²) < 4.78 is 0. The van der Waals surface area contributed by atoms with Crippen molar-refractivity contribution >= 4 is 34.7 Å². The van der Waals surface area contributed by atoms with E-state index in [0.717, 1.165) is 15.4 Å². The van der Waals surface area contributed by atoms with Gasteiger partial charge in [-0.2, -0.15) is 0 Å². The third-order valence-electron chi connectivity index (χ3n) is 3.58. The molecule has 25 heavy (non-hydrogen) atoms. The summed E-state index contributed by atoms with van der Waals surface area (Å²) >= 11 is 7.55. The van der Waals surface area contributed by atoms with E-state index in [1.165, 1.54) is 12.1 Å². The van der Waals surface area contributed by atoms with Gasteiger partial charge in [-0.3, -0.25) is 0 Å². The first-order chi connectivity index (χ1) is 12.0. The van der Waals surface area contributed by atoms with Crippen LogP contribution in [0.3, 0.4) is 0 Å². The molecule has 6 heteroatoms. The molecule has 0 saturated heterocycles. The van der Waals surface area contributed by atoms with Crippen LogP contribution >= 0.6 is 23.4 Å². The lowest BCUT2D eigenvalue weighted by molar-refractivity contribution is 0.452. The fourth-order valence-corrected chi connectivity index (χ4v) is 3.38. The number of rotatable bonds is 5. The second-order valence-electron chi connectivity index (χ2n) is 5.48. The Morgan fingerprint density at radius 1 is 0.960 bits per heavy atom. The molecule has 0 fully saturated rings. The molecule has 0 aliphatic carbocycles. The fraction of sp³-hybridized carbons (Fsp3) is 0.0526. The molecule has 0 aliphatic rings. The lowest BCUT2D eigenvalue weighted by Gasteiger charge is -2.13. The van der Waals surface area contributed by atoms with Crippen molar-refractivity contribution in [1.29, 1.82) is 0 Å². The van der Waals surface area contributed by atoms with Gasteiger partial charge in [0.2, 0.25) is 0 Å². The summed E-state index contributed by atoms with van der Waals surface area (Å²) in [5.74, 6) is 0.0156. The highest BCUT2D eigenvalue weighted by atomic mass is 35.5. The Bertz CT molecular complexity index is 885. The Morgan fingerprint density at radius 2 is 1.72 bits per heavy atom. The standard InChI is InChI=1S/C19H17ClN2O2S/c20-13-1-5-16(6-2-13)25-19-8-3-14(21)9-12(19)11-22-17-7-4-15(23)10-18(17)24/h1-10,22-24H,11,21H2. The van der Waals surface area contributed by atoms with Crippen LogP contribution in [0.4, 0.5) is 11.4 Å². The van der Waals surface area contributed by atoms with Crippen LogP contribution in [0.15, 0.2) is 70.5 Å². The molecule has 0 aromatic heterocycles. The predicted molar refractivity (Wildman–Crippen MR) is 104 cm³/mol. The van der Waals surface area contributed by atoms with Crippen LogP contribution in [0.1, 0.15) is 5.56 Å². The van der Waals surface area contributed by atoms with E-state index in [-0.39, 0.29) is 11.5 Å². The number of hydrogen-bond acceptors (Lipinski definition) is 5. The van der Waals surface area contributed by atoms with Crippen molar-refractivity contribution < 1.29 is 10.2 Å². The molecule has 5 N–H and O–H groups in total. The fourth-order valence-electron chi connectivity index (χ4n) is 2.33. The zero-order valence-electron chi connectivity index (χ0n) is 13.2. The summed E-state index contributed by atoms with van der Waals surface area (Å²) in [4.78, 5) is 2.13. The maximum Gasteiger partial charge on any atom is 0.142 e. The van der Waals surface area contributed by atoms with Crippen molar-refractivity contribution in [1.82, 2.24) is 0 Å². The molecule has 3 aromatic carbocycles. The molecule has 0 radical (unpaired) electrons. The number of anilines is 2. The smallest absolute Gasteiger partial charge is 0.142 e. The molecule has 0 atom stereocenters. The second-order valence-corrected chi connectivity index (χ2v) is 7.03. The summed E-state index contributed by atoms with van der Waals surface area (Å²) in [6.45, 7) is 0.485. The Labute approximate surface area is 155 Å². The molecule has 128 valence electrons. The second kappa shape index (κ2) is 7.59. The quantitative estimate of drug-likeness (QED) is 0.285. The minimum atomic E-state index is -0.00388. The van der Waals surface area contributed by atoms with E-state index in [9.17, 15) is 10.2 Å². The largest absolute Gasteiger partial charge is 0.508 e. The number of nitrogens with two attached hydrogens (primary N) is 1. The monoisotopic (exact) mass is 372 g/mol. The molecule has 0 saturated carbocycles. The lowest BCUT2D eigenvalue weighted by Crippen LogP contribution is -2.02. The van der Waals surface area contributed by atoms with Crippen LogP contribution < -0.4 is 11.1 Å². The first-order valence-electron chi connectivity index (χ1n) is 7.59. The number of benzene rings is 3. The van der Waals surface area contributed by atoms with Crippen molar-refractivity contribution in [3.8, 4) is 11.5 Å². The molecule has 3 aromatic rings. The third-order valence-corrected chi connectivity index (χ3v) is 4.95. The Hall–Kier alpha value is -2.50. The van der Waals surface area contributed by atoms with Crippen LogP contribution in [0.2, 0.25) is 5.02 Å². The van der Waals surface area contributed by atoms with Gasteiger partial charge < -0.3 is 21.3 Å². The van der Waals surface area contributed by atoms with Gasteiger partial charge in [0, 0.05) is 33.1 Å². The van der Waals surface area contributed by atoms with E-state index in [4.69, 9.17) is 17.3 Å².